The number of carbonyl (C=O) groups is 1. The van der Waals surface area contributed by atoms with Gasteiger partial charge in [0.2, 0.25) is 15.9 Å². The smallest absolute Gasteiger partial charge is 0.243 e. The van der Waals surface area contributed by atoms with Crippen LogP contribution in [0.5, 0.6) is 0 Å². The fraction of sp³-hybridized carbons (Fsp3) is 0.417. The van der Waals surface area contributed by atoms with Crippen molar-refractivity contribution in [3.8, 4) is 0 Å². The van der Waals surface area contributed by atoms with Crippen molar-refractivity contribution in [2.45, 2.75) is 24.3 Å². The predicted octanol–water partition coefficient (Wildman–Crippen LogP) is 0.930. The summed E-state index contributed by atoms with van der Waals surface area (Å²) in [5, 5.41) is 2.74. The molecule has 1 fully saturated rings. The van der Waals surface area contributed by atoms with Gasteiger partial charge in [0.15, 0.2) is 0 Å². The Balaban J connectivity index is 2.19. The maximum Gasteiger partial charge on any atom is 0.243 e. The van der Waals surface area contributed by atoms with E-state index in [1.807, 2.05) is 0 Å². The van der Waals surface area contributed by atoms with Crippen LogP contribution in [-0.4, -0.2) is 37.8 Å². The van der Waals surface area contributed by atoms with Crippen LogP contribution in [-0.2, 0) is 14.8 Å². The van der Waals surface area contributed by atoms with E-state index in [0.717, 1.165) is 0 Å². The Bertz CT molecular complexity index is 633. The molecule has 0 aromatic heterocycles. The number of nitrogens with one attached hydrogen (secondary N) is 1. The highest BCUT2D eigenvalue weighted by Crippen LogP contribution is 2.26. The van der Waals surface area contributed by atoms with Crippen molar-refractivity contribution < 1.29 is 13.2 Å². The fourth-order valence-electron chi connectivity index (χ4n) is 2.17. The molecule has 1 aromatic rings. The number of carbonyl (C=O) groups excluding carboxylic acids is 1. The molecule has 0 saturated carbocycles. The number of sulfonamides is 1. The lowest BCUT2D eigenvalue weighted by atomic mass is 10.3. The molecule has 1 atom stereocenters. The van der Waals surface area contributed by atoms with Gasteiger partial charge in [0.25, 0.3) is 0 Å². The van der Waals surface area contributed by atoms with Crippen molar-refractivity contribution in [2.75, 3.05) is 18.8 Å². The Hall–Kier alpha value is -1.12. The van der Waals surface area contributed by atoms with Gasteiger partial charge in [-0.2, -0.15) is 4.31 Å². The summed E-state index contributed by atoms with van der Waals surface area (Å²) < 4.78 is 26.9. The molecule has 0 bridgehead atoms. The third-order valence-corrected chi connectivity index (χ3v) is 5.72. The zero-order valence-electron chi connectivity index (χ0n) is 11.0. The number of benzene rings is 1. The monoisotopic (exact) mass is 361 g/mol. The Morgan fingerprint density at radius 3 is 2.80 bits per heavy atom. The third kappa shape index (κ3) is 3.13. The average Bonchev–Trinajstić information content (AvgIpc) is 2.80. The van der Waals surface area contributed by atoms with E-state index >= 15 is 0 Å². The Morgan fingerprint density at radius 1 is 1.50 bits per heavy atom. The number of nitrogens with two attached hydrogens (primary N) is 1. The zero-order valence-corrected chi connectivity index (χ0v) is 13.4. The van der Waals surface area contributed by atoms with Crippen LogP contribution in [0.2, 0.25) is 0 Å². The van der Waals surface area contributed by atoms with Gasteiger partial charge in [0, 0.05) is 36.2 Å². The van der Waals surface area contributed by atoms with Gasteiger partial charge in [-0.1, -0.05) is 0 Å². The molecule has 6 nitrogen and oxygen atoms in total. The molecule has 20 heavy (non-hydrogen) atoms. The van der Waals surface area contributed by atoms with Crippen LogP contribution in [0.3, 0.4) is 0 Å². The lowest BCUT2D eigenvalue weighted by molar-refractivity contribution is -0.119. The predicted molar refractivity (Wildman–Crippen MR) is 79.5 cm³/mol. The van der Waals surface area contributed by atoms with Gasteiger partial charge in [0.1, 0.15) is 0 Å². The minimum Gasteiger partial charge on any atom is -0.398 e. The standard InChI is InChI=1S/C12H16BrN3O3S/c1-8(17)15-9-4-5-16(7-9)20(18,19)10-2-3-12(14)11(13)6-10/h2-3,6,9H,4-5,7,14H2,1H3,(H,15,17). The highest BCUT2D eigenvalue weighted by Gasteiger charge is 2.33. The summed E-state index contributed by atoms with van der Waals surface area (Å²) in [5.41, 5.74) is 6.15. The van der Waals surface area contributed by atoms with Crippen molar-refractivity contribution in [3.63, 3.8) is 0 Å². The van der Waals surface area contributed by atoms with Crippen molar-refractivity contribution >= 4 is 37.5 Å². The number of halogens is 1. The number of nitrogens with zero attached hydrogens (tertiary/aromatic N) is 1. The van der Waals surface area contributed by atoms with E-state index in [-0.39, 0.29) is 16.8 Å². The van der Waals surface area contributed by atoms with Crippen LogP contribution in [0.1, 0.15) is 13.3 Å². The summed E-state index contributed by atoms with van der Waals surface area (Å²) >= 11 is 3.23. The molecule has 1 unspecified atom stereocenters. The normalized spacial score (nSPS) is 20.0. The van der Waals surface area contributed by atoms with Crippen molar-refractivity contribution in [3.05, 3.63) is 22.7 Å². The number of hydrogen-bond acceptors (Lipinski definition) is 4. The lowest BCUT2D eigenvalue weighted by Gasteiger charge is -2.17. The molecule has 0 aliphatic carbocycles. The van der Waals surface area contributed by atoms with Gasteiger partial charge in [-0.05, 0) is 40.5 Å². The van der Waals surface area contributed by atoms with E-state index in [9.17, 15) is 13.2 Å². The molecule has 110 valence electrons. The van der Waals surface area contributed by atoms with Crippen molar-refractivity contribution in [2.24, 2.45) is 0 Å². The van der Waals surface area contributed by atoms with Gasteiger partial charge in [0.05, 0.1) is 4.90 Å². The molecule has 1 heterocycles. The molecule has 1 amide bonds. The molecule has 1 aromatic carbocycles. The first kappa shape index (κ1) is 15.3. The van der Waals surface area contributed by atoms with E-state index in [4.69, 9.17) is 5.73 Å². The molecule has 0 radical (unpaired) electrons. The maximum atomic E-state index is 12.5. The Kier molecular flexibility index (Phi) is 4.36. The summed E-state index contributed by atoms with van der Waals surface area (Å²) in [6, 6.07) is 4.41. The van der Waals surface area contributed by atoms with E-state index < -0.39 is 10.0 Å². The van der Waals surface area contributed by atoms with Crippen molar-refractivity contribution in [1.29, 1.82) is 0 Å². The molecule has 1 aliphatic rings. The highest BCUT2D eigenvalue weighted by molar-refractivity contribution is 9.10. The Labute approximate surface area is 126 Å². The zero-order chi connectivity index (χ0) is 14.9. The van der Waals surface area contributed by atoms with Crippen LogP contribution >= 0.6 is 15.9 Å². The van der Waals surface area contributed by atoms with E-state index in [2.05, 4.69) is 21.2 Å². The molecular weight excluding hydrogens is 346 g/mol. The average molecular weight is 362 g/mol. The maximum absolute atomic E-state index is 12.5. The van der Waals surface area contributed by atoms with E-state index in [1.165, 1.54) is 23.4 Å². The van der Waals surface area contributed by atoms with E-state index in [0.29, 0.717) is 29.7 Å². The topological polar surface area (TPSA) is 92.5 Å². The largest absolute Gasteiger partial charge is 0.398 e. The summed E-state index contributed by atoms with van der Waals surface area (Å²) in [7, 11) is -3.55. The number of hydrogen-bond donors (Lipinski definition) is 2. The molecule has 3 N–H and O–H groups in total. The van der Waals surface area contributed by atoms with Gasteiger partial charge in [-0.3, -0.25) is 4.79 Å². The molecule has 8 heteroatoms. The SMILES string of the molecule is CC(=O)NC1CCN(S(=O)(=O)c2ccc(N)c(Br)c2)C1. The fourth-order valence-corrected chi connectivity index (χ4v) is 4.23. The molecule has 1 aliphatic heterocycles. The first-order valence-electron chi connectivity index (χ1n) is 6.13. The van der Waals surface area contributed by atoms with Crippen molar-refractivity contribution in [1.82, 2.24) is 9.62 Å². The summed E-state index contributed by atoms with van der Waals surface area (Å²) in [5.74, 6) is -0.149. The van der Waals surface area contributed by atoms with Gasteiger partial charge >= 0.3 is 0 Å². The quantitative estimate of drug-likeness (QED) is 0.783. The number of amides is 1. The first-order chi connectivity index (χ1) is 9.30. The minimum atomic E-state index is -3.55. The lowest BCUT2D eigenvalue weighted by Crippen LogP contribution is -2.37. The van der Waals surface area contributed by atoms with Crippen LogP contribution in [0.25, 0.3) is 0 Å². The van der Waals surface area contributed by atoms with Gasteiger partial charge < -0.3 is 11.1 Å². The molecule has 0 spiro atoms. The van der Waals surface area contributed by atoms with Crippen LogP contribution in [0.4, 0.5) is 5.69 Å². The molecule has 2 rings (SSSR count). The van der Waals surface area contributed by atoms with Gasteiger partial charge in [-0.25, -0.2) is 8.42 Å². The highest BCUT2D eigenvalue weighted by atomic mass is 79.9. The first-order valence-corrected chi connectivity index (χ1v) is 8.36. The summed E-state index contributed by atoms with van der Waals surface area (Å²) in [4.78, 5) is 11.2. The Morgan fingerprint density at radius 2 is 2.20 bits per heavy atom. The molecule has 1 saturated heterocycles. The second kappa shape index (κ2) is 5.71. The second-order valence-electron chi connectivity index (χ2n) is 4.73. The minimum absolute atomic E-state index is 0.125. The molecular formula is C12H16BrN3O3S. The summed E-state index contributed by atoms with van der Waals surface area (Å²) in [6.45, 7) is 2.12. The van der Waals surface area contributed by atoms with Gasteiger partial charge in [-0.15, -0.1) is 0 Å². The number of rotatable bonds is 3. The van der Waals surface area contributed by atoms with Crippen LogP contribution in [0, 0.1) is 0 Å². The van der Waals surface area contributed by atoms with E-state index in [1.54, 1.807) is 6.07 Å². The number of anilines is 1. The number of nitrogen functional groups attached to an aromatic ring is 1. The second-order valence-corrected chi connectivity index (χ2v) is 7.52. The van der Waals surface area contributed by atoms with Crippen LogP contribution in [0.15, 0.2) is 27.6 Å². The summed E-state index contributed by atoms with van der Waals surface area (Å²) in [6.07, 6.45) is 0.620. The van der Waals surface area contributed by atoms with Crippen LogP contribution < -0.4 is 11.1 Å². The third-order valence-electron chi connectivity index (χ3n) is 3.17.